The first-order chi connectivity index (χ1) is 4.95. The van der Waals surface area contributed by atoms with E-state index in [1.807, 2.05) is 6.92 Å². The van der Waals surface area contributed by atoms with Gasteiger partial charge in [-0.1, -0.05) is 13.3 Å². The van der Waals surface area contributed by atoms with Gasteiger partial charge in [0.25, 0.3) is 10.1 Å². The molecule has 5 heteroatoms. The van der Waals surface area contributed by atoms with E-state index in [9.17, 15) is 8.42 Å². The van der Waals surface area contributed by atoms with E-state index in [2.05, 4.69) is 0 Å². The van der Waals surface area contributed by atoms with E-state index < -0.39 is 10.1 Å². The molecule has 0 aromatic heterocycles. The Labute approximate surface area is 67.5 Å². The molecule has 0 spiro atoms. The van der Waals surface area contributed by atoms with Crippen LogP contribution in [0.5, 0.6) is 0 Å². The van der Waals surface area contributed by atoms with Crippen molar-refractivity contribution in [2.24, 2.45) is 5.73 Å². The quantitative estimate of drug-likeness (QED) is 0.601. The van der Waals surface area contributed by atoms with Gasteiger partial charge in [0.1, 0.15) is 0 Å². The van der Waals surface area contributed by atoms with Crippen LogP contribution in [-0.2, 0) is 10.1 Å². The first kappa shape index (κ1) is 10.9. The van der Waals surface area contributed by atoms with Gasteiger partial charge in [0.2, 0.25) is 0 Å². The SMILES string of the molecule is CCC[C@@H](N)CCS(=O)(=O)O. The van der Waals surface area contributed by atoms with Crippen LogP contribution in [0.1, 0.15) is 26.2 Å². The largest absolute Gasteiger partial charge is 0.328 e. The van der Waals surface area contributed by atoms with Gasteiger partial charge in [-0.05, 0) is 12.8 Å². The van der Waals surface area contributed by atoms with Crippen LogP contribution in [0, 0.1) is 0 Å². The van der Waals surface area contributed by atoms with Crippen molar-refractivity contribution >= 4 is 10.1 Å². The summed E-state index contributed by atoms with van der Waals surface area (Å²) in [4.78, 5) is 0. The maximum absolute atomic E-state index is 10.2. The molecular weight excluding hydrogens is 166 g/mol. The molecule has 0 saturated heterocycles. The molecule has 0 saturated carbocycles. The second-order valence-electron chi connectivity index (χ2n) is 2.62. The van der Waals surface area contributed by atoms with Gasteiger partial charge in [0.05, 0.1) is 5.75 Å². The summed E-state index contributed by atoms with van der Waals surface area (Å²) in [6, 6.07) is -0.109. The Morgan fingerprint density at radius 2 is 2.00 bits per heavy atom. The number of hydrogen-bond donors (Lipinski definition) is 2. The third-order valence-electron chi connectivity index (χ3n) is 1.41. The molecule has 0 bridgehead atoms. The first-order valence-corrected chi connectivity index (χ1v) is 5.27. The molecule has 0 aliphatic rings. The van der Waals surface area contributed by atoms with E-state index in [4.69, 9.17) is 10.3 Å². The summed E-state index contributed by atoms with van der Waals surface area (Å²) in [7, 11) is -3.82. The second kappa shape index (κ2) is 4.69. The molecule has 68 valence electrons. The Balaban J connectivity index is 3.54. The normalized spacial score (nSPS) is 14.8. The average Bonchev–Trinajstić information content (AvgIpc) is 1.83. The monoisotopic (exact) mass is 181 g/mol. The molecule has 1 atom stereocenters. The Morgan fingerprint density at radius 3 is 2.36 bits per heavy atom. The predicted octanol–water partition coefficient (Wildman–Crippen LogP) is 0.392. The lowest BCUT2D eigenvalue weighted by Gasteiger charge is -2.07. The minimum atomic E-state index is -3.82. The molecule has 0 unspecified atom stereocenters. The van der Waals surface area contributed by atoms with Gasteiger partial charge in [0.15, 0.2) is 0 Å². The fourth-order valence-corrected chi connectivity index (χ4v) is 1.42. The van der Waals surface area contributed by atoms with Gasteiger partial charge >= 0.3 is 0 Å². The minimum Gasteiger partial charge on any atom is -0.328 e. The van der Waals surface area contributed by atoms with E-state index in [1.54, 1.807) is 0 Å². The second-order valence-corrected chi connectivity index (χ2v) is 4.20. The lowest BCUT2D eigenvalue weighted by atomic mass is 10.1. The molecule has 4 nitrogen and oxygen atoms in total. The number of hydrogen-bond acceptors (Lipinski definition) is 3. The molecule has 11 heavy (non-hydrogen) atoms. The van der Waals surface area contributed by atoms with Crippen LogP contribution >= 0.6 is 0 Å². The predicted molar refractivity (Wildman–Crippen MR) is 43.9 cm³/mol. The molecule has 0 aliphatic heterocycles. The fourth-order valence-electron chi connectivity index (χ4n) is 0.815. The van der Waals surface area contributed by atoms with Gasteiger partial charge in [0, 0.05) is 6.04 Å². The van der Waals surface area contributed by atoms with E-state index in [1.165, 1.54) is 0 Å². The summed E-state index contributed by atoms with van der Waals surface area (Å²) in [5.74, 6) is -0.228. The highest BCUT2D eigenvalue weighted by Gasteiger charge is 2.08. The van der Waals surface area contributed by atoms with E-state index in [0.717, 1.165) is 12.8 Å². The first-order valence-electron chi connectivity index (χ1n) is 3.66. The molecule has 0 fully saturated rings. The number of nitrogens with two attached hydrogens (primary N) is 1. The summed E-state index contributed by atoms with van der Waals surface area (Å²) < 4.78 is 28.8. The molecule has 0 aromatic rings. The lowest BCUT2D eigenvalue weighted by Crippen LogP contribution is -2.23. The summed E-state index contributed by atoms with van der Waals surface area (Å²) in [6.45, 7) is 1.98. The molecule has 0 aromatic carbocycles. The van der Waals surface area contributed by atoms with Crippen molar-refractivity contribution in [1.82, 2.24) is 0 Å². The zero-order valence-electron chi connectivity index (χ0n) is 6.66. The smallest absolute Gasteiger partial charge is 0.264 e. The van der Waals surface area contributed by atoms with Gasteiger partial charge in [-0.25, -0.2) is 0 Å². The Hall–Kier alpha value is -0.130. The highest BCUT2D eigenvalue weighted by atomic mass is 32.2. The summed E-state index contributed by atoms with van der Waals surface area (Å²) in [6.07, 6.45) is 2.08. The minimum absolute atomic E-state index is 0.109. The maximum Gasteiger partial charge on any atom is 0.264 e. The third-order valence-corrected chi connectivity index (χ3v) is 2.16. The van der Waals surface area contributed by atoms with Gasteiger partial charge < -0.3 is 5.73 Å². The molecule has 0 rings (SSSR count). The molecule has 0 heterocycles. The molecule has 3 N–H and O–H groups in total. The molecule has 0 radical (unpaired) electrons. The van der Waals surface area contributed by atoms with Gasteiger partial charge in [-0.2, -0.15) is 8.42 Å². The highest BCUT2D eigenvalue weighted by molar-refractivity contribution is 7.85. The van der Waals surface area contributed by atoms with Crippen molar-refractivity contribution < 1.29 is 13.0 Å². The van der Waals surface area contributed by atoms with Crippen molar-refractivity contribution in [2.45, 2.75) is 32.2 Å². The highest BCUT2D eigenvalue weighted by Crippen LogP contribution is 1.99. The standard InChI is InChI=1S/C6H15NO3S/c1-2-3-6(7)4-5-11(8,9)10/h6H,2-5,7H2,1H3,(H,8,9,10)/t6-/m1/s1. The Bertz CT molecular complexity index is 188. The van der Waals surface area contributed by atoms with Crippen LogP contribution in [0.3, 0.4) is 0 Å². The van der Waals surface area contributed by atoms with E-state index in [-0.39, 0.29) is 11.8 Å². The third kappa shape index (κ3) is 7.77. The zero-order chi connectivity index (χ0) is 8.91. The van der Waals surface area contributed by atoms with Crippen LogP contribution in [0.15, 0.2) is 0 Å². The topological polar surface area (TPSA) is 80.4 Å². The molecule has 0 aliphatic carbocycles. The van der Waals surface area contributed by atoms with Gasteiger partial charge in [-0.3, -0.25) is 4.55 Å². The average molecular weight is 181 g/mol. The Morgan fingerprint density at radius 1 is 1.45 bits per heavy atom. The van der Waals surface area contributed by atoms with Crippen molar-refractivity contribution in [2.75, 3.05) is 5.75 Å². The van der Waals surface area contributed by atoms with Crippen LogP contribution in [0.4, 0.5) is 0 Å². The summed E-state index contributed by atoms with van der Waals surface area (Å²) in [5, 5.41) is 0. The fraction of sp³-hybridized carbons (Fsp3) is 1.00. The summed E-state index contributed by atoms with van der Waals surface area (Å²) in [5.41, 5.74) is 5.52. The molecule has 0 amide bonds. The van der Waals surface area contributed by atoms with Crippen LogP contribution < -0.4 is 5.73 Å². The van der Waals surface area contributed by atoms with Crippen molar-refractivity contribution in [3.63, 3.8) is 0 Å². The molecular formula is C6H15NO3S. The zero-order valence-corrected chi connectivity index (χ0v) is 7.47. The van der Waals surface area contributed by atoms with Crippen molar-refractivity contribution in [3.8, 4) is 0 Å². The van der Waals surface area contributed by atoms with Crippen LogP contribution in [0.25, 0.3) is 0 Å². The Kier molecular flexibility index (Phi) is 4.63. The maximum atomic E-state index is 10.2. The van der Waals surface area contributed by atoms with E-state index in [0.29, 0.717) is 6.42 Å². The lowest BCUT2D eigenvalue weighted by molar-refractivity contribution is 0.474. The van der Waals surface area contributed by atoms with Gasteiger partial charge in [-0.15, -0.1) is 0 Å². The number of rotatable bonds is 5. The van der Waals surface area contributed by atoms with Crippen LogP contribution in [0.2, 0.25) is 0 Å². The van der Waals surface area contributed by atoms with Crippen molar-refractivity contribution in [3.05, 3.63) is 0 Å². The van der Waals surface area contributed by atoms with Crippen molar-refractivity contribution in [1.29, 1.82) is 0 Å². The van der Waals surface area contributed by atoms with E-state index >= 15 is 0 Å². The summed E-state index contributed by atoms with van der Waals surface area (Å²) >= 11 is 0. The van der Waals surface area contributed by atoms with Crippen LogP contribution in [-0.4, -0.2) is 24.8 Å².